The second kappa shape index (κ2) is 7.27. The fourth-order valence-electron chi connectivity index (χ4n) is 2.24. The van der Waals surface area contributed by atoms with Crippen LogP contribution in [0.1, 0.15) is 10.4 Å². The Kier molecular flexibility index (Phi) is 4.90. The number of amides is 1. The number of methoxy groups -OCH3 is 1. The van der Waals surface area contributed by atoms with Gasteiger partial charge in [-0.25, -0.2) is 4.39 Å². The molecule has 0 fully saturated rings. The summed E-state index contributed by atoms with van der Waals surface area (Å²) < 4.78 is 20.2. The van der Waals surface area contributed by atoms with Crippen molar-refractivity contribution in [2.75, 3.05) is 13.7 Å². The third-order valence-electron chi connectivity index (χ3n) is 3.50. The van der Waals surface area contributed by atoms with E-state index in [1.165, 1.54) is 19.2 Å². The Morgan fingerprint density at radius 2 is 2.25 bits per heavy atom. The Morgan fingerprint density at radius 1 is 1.38 bits per heavy atom. The summed E-state index contributed by atoms with van der Waals surface area (Å²) >= 11 is 1.62. The number of nitrogens with zero attached hydrogens (tertiary/aromatic N) is 2. The Balaban J connectivity index is 1.54. The zero-order valence-electron chi connectivity index (χ0n) is 13.0. The molecule has 3 rings (SSSR count). The van der Waals surface area contributed by atoms with Crippen LogP contribution in [0.25, 0.3) is 11.3 Å². The van der Waals surface area contributed by atoms with Crippen LogP contribution in [-0.2, 0) is 6.54 Å². The Hall–Kier alpha value is -2.67. The highest BCUT2D eigenvalue weighted by Gasteiger charge is 2.10. The minimum Gasteiger partial charge on any atom is -0.494 e. The number of halogens is 1. The number of thiophene rings is 1. The first-order valence-electron chi connectivity index (χ1n) is 7.35. The predicted octanol–water partition coefficient (Wildman–Crippen LogP) is 3.19. The predicted molar refractivity (Wildman–Crippen MR) is 90.8 cm³/mol. The van der Waals surface area contributed by atoms with E-state index in [1.807, 2.05) is 29.1 Å². The lowest BCUT2D eigenvalue weighted by Crippen LogP contribution is -2.27. The van der Waals surface area contributed by atoms with Crippen molar-refractivity contribution >= 4 is 17.2 Å². The minimum atomic E-state index is -0.558. The van der Waals surface area contributed by atoms with Gasteiger partial charge in [0.05, 0.1) is 19.3 Å². The average molecular weight is 345 g/mol. The van der Waals surface area contributed by atoms with Gasteiger partial charge in [-0.15, -0.1) is 0 Å². The molecule has 2 heterocycles. The minimum absolute atomic E-state index is 0.115. The fourth-order valence-corrected chi connectivity index (χ4v) is 2.89. The molecular weight excluding hydrogens is 329 g/mol. The van der Waals surface area contributed by atoms with Gasteiger partial charge in [-0.1, -0.05) is 0 Å². The number of ether oxygens (including phenoxy) is 1. The zero-order valence-corrected chi connectivity index (χ0v) is 13.8. The van der Waals surface area contributed by atoms with E-state index in [4.69, 9.17) is 4.74 Å². The monoisotopic (exact) mass is 345 g/mol. The highest BCUT2D eigenvalue weighted by molar-refractivity contribution is 7.08. The molecule has 0 unspecified atom stereocenters. The van der Waals surface area contributed by atoms with E-state index in [2.05, 4.69) is 10.4 Å². The van der Waals surface area contributed by atoms with Crippen LogP contribution in [0.5, 0.6) is 5.75 Å². The van der Waals surface area contributed by atoms with Gasteiger partial charge in [0.25, 0.3) is 5.91 Å². The van der Waals surface area contributed by atoms with E-state index in [0.717, 1.165) is 17.3 Å². The van der Waals surface area contributed by atoms with Gasteiger partial charge >= 0.3 is 0 Å². The molecule has 124 valence electrons. The van der Waals surface area contributed by atoms with Gasteiger partial charge < -0.3 is 10.1 Å². The number of aromatic nitrogens is 2. The summed E-state index contributed by atoms with van der Waals surface area (Å²) in [6, 6.07) is 8.07. The number of benzene rings is 1. The average Bonchev–Trinajstić information content (AvgIpc) is 3.26. The molecule has 5 nitrogen and oxygen atoms in total. The summed E-state index contributed by atoms with van der Waals surface area (Å²) in [5, 5.41) is 11.2. The van der Waals surface area contributed by atoms with Gasteiger partial charge in [-0.3, -0.25) is 9.48 Å². The topological polar surface area (TPSA) is 56.1 Å². The molecule has 0 saturated carbocycles. The number of carbonyl (C=O) groups is 1. The summed E-state index contributed by atoms with van der Waals surface area (Å²) in [5.41, 5.74) is 2.24. The lowest BCUT2D eigenvalue weighted by molar-refractivity contribution is 0.0951. The van der Waals surface area contributed by atoms with Crippen molar-refractivity contribution in [3.8, 4) is 17.0 Å². The van der Waals surface area contributed by atoms with Crippen LogP contribution in [0, 0.1) is 5.82 Å². The van der Waals surface area contributed by atoms with Crippen LogP contribution in [-0.4, -0.2) is 29.3 Å². The van der Waals surface area contributed by atoms with E-state index in [0.29, 0.717) is 13.1 Å². The third-order valence-corrected chi connectivity index (χ3v) is 4.18. The van der Waals surface area contributed by atoms with Crippen LogP contribution in [0.3, 0.4) is 0 Å². The highest BCUT2D eigenvalue weighted by atomic mass is 32.1. The molecule has 0 aliphatic carbocycles. The van der Waals surface area contributed by atoms with Crippen molar-refractivity contribution in [2.45, 2.75) is 6.54 Å². The van der Waals surface area contributed by atoms with Gasteiger partial charge in [-0.05, 0) is 35.7 Å². The largest absolute Gasteiger partial charge is 0.494 e. The number of hydrogen-bond acceptors (Lipinski definition) is 4. The molecule has 1 aromatic carbocycles. The maximum absolute atomic E-state index is 13.6. The van der Waals surface area contributed by atoms with E-state index < -0.39 is 5.82 Å². The van der Waals surface area contributed by atoms with E-state index in [-0.39, 0.29) is 17.2 Å². The molecule has 0 aliphatic rings. The Labute approximate surface area is 142 Å². The SMILES string of the molecule is COc1ccc(C(=O)NCCn2ccc(-c3ccsc3)n2)cc1F. The Bertz CT molecular complexity index is 830. The molecule has 0 aliphatic heterocycles. The smallest absolute Gasteiger partial charge is 0.251 e. The van der Waals surface area contributed by atoms with Crippen molar-refractivity contribution in [3.63, 3.8) is 0 Å². The van der Waals surface area contributed by atoms with E-state index in [1.54, 1.807) is 16.0 Å². The maximum atomic E-state index is 13.6. The molecule has 2 aromatic heterocycles. The second-order valence-electron chi connectivity index (χ2n) is 5.08. The first-order chi connectivity index (χ1) is 11.7. The van der Waals surface area contributed by atoms with Crippen LogP contribution in [0.4, 0.5) is 4.39 Å². The van der Waals surface area contributed by atoms with Gasteiger partial charge in [0.2, 0.25) is 0 Å². The zero-order chi connectivity index (χ0) is 16.9. The van der Waals surface area contributed by atoms with Crippen molar-refractivity contribution in [2.24, 2.45) is 0 Å². The molecular formula is C17H16FN3O2S. The Morgan fingerprint density at radius 3 is 2.96 bits per heavy atom. The van der Waals surface area contributed by atoms with Crippen LogP contribution >= 0.6 is 11.3 Å². The normalized spacial score (nSPS) is 10.6. The molecule has 1 amide bonds. The summed E-state index contributed by atoms with van der Waals surface area (Å²) in [6.45, 7) is 0.936. The lowest BCUT2D eigenvalue weighted by atomic mass is 10.2. The first kappa shape index (κ1) is 16.2. The molecule has 0 radical (unpaired) electrons. The van der Waals surface area contributed by atoms with Crippen LogP contribution < -0.4 is 10.1 Å². The first-order valence-corrected chi connectivity index (χ1v) is 8.29. The molecule has 1 N–H and O–H groups in total. The molecule has 3 aromatic rings. The standard InChI is InChI=1S/C17H16FN3O2S/c1-23-16-3-2-12(10-14(16)18)17(22)19-6-8-21-7-4-15(20-21)13-5-9-24-11-13/h2-5,7,9-11H,6,8H2,1H3,(H,19,22). The third kappa shape index (κ3) is 3.62. The molecule has 0 saturated heterocycles. The quantitative estimate of drug-likeness (QED) is 0.746. The highest BCUT2D eigenvalue weighted by Crippen LogP contribution is 2.19. The number of rotatable bonds is 6. The van der Waals surface area contributed by atoms with Gasteiger partial charge in [0.1, 0.15) is 0 Å². The van der Waals surface area contributed by atoms with Crippen molar-refractivity contribution < 1.29 is 13.9 Å². The number of hydrogen-bond donors (Lipinski definition) is 1. The van der Waals surface area contributed by atoms with Crippen LogP contribution in [0.2, 0.25) is 0 Å². The summed E-state index contributed by atoms with van der Waals surface area (Å²) in [5.74, 6) is -0.775. The van der Waals surface area contributed by atoms with Gasteiger partial charge in [-0.2, -0.15) is 16.4 Å². The molecule has 0 bridgehead atoms. The van der Waals surface area contributed by atoms with E-state index in [9.17, 15) is 9.18 Å². The fraction of sp³-hybridized carbons (Fsp3) is 0.176. The summed E-state index contributed by atoms with van der Waals surface area (Å²) in [4.78, 5) is 12.0. The number of nitrogens with one attached hydrogen (secondary N) is 1. The molecule has 0 spiro atoms. The lowest BCUT2D eigenvalue weighted by Gasteiger charge is -2.07. The molecule has 0 atom stereocenters. The van der Waals surface area contributed by atoms with Crippen molar-refractivity contribution in [3.05, 3.63) is 58.7 Å². The van der Waals surface area contributed by atoms with Gasteiger partial charge in [0, 0.05) is 29.2 Å². The van der Waals surface area contributed by atoms with E-state index >= 15 is 0 Å². The van der Waals surface area contributed by atoms with Crippen molar-refractivity contribution in [1.29, 1.82) is 0 Å². The maximum Gasteiger partial charge on any atom is 0.251 e. The molecule has 7 heteroatoms. The van der Waals surface area contributed by atoms with Crippen molar-refractivity contribution in [1.82, 2.24) is 15.1 Å². The second-order valence-corrected chi connectivity index (χ2v) is 5.86. The summed E-state index contributed by atoms with van der Waals surface area (Å²) in [7, 11) is 1.38. The van der Waals surface area contributed by atoms with Gasteiger partial charge in [0.15, 0.2) is 11.6 Å². The van der Waals surface area contributed by atoms with Crippen LogP contribution in [0.15, 0.2) is 47.3 Å². The molecule has 24 heavy (non-hydrogen) atoms. The number of carbonyl (C=O) groups excluding carboxylic acids is 1. The summed E-state index contributed by atoms with van der Waals surface area (Å²) in [6.07, 6.45) is 1.87.